The van der Waals surface area contributed by atoms with Crippen LogP contribution in [0.5, 0.6) is 0 Å². The summed E-state index contributed by atoms with van der Waals surface area (Å²) in [5.41, 5.74) is 7.17. The lowest BCUT2D eigenvalue weighted by atomic mass is 10.1. The molecule has 160 valence electrons. The predicted molar refractivity (Wildman–Crippen MR) is 116 cm³/mol. The van der Waals surface area contributed by atoms with Gasteiger partial charge in [0.2, 0.25) is 0 Å². The molecule has 0 spiro atoms. The van der Waals surface area contributed by atoms with Crippen molar-refractivity contribution in [2.75, 3.05) is 56.3 Å². The van der Waals surface area contributed by atoms with Crippen molar-refractivity contribution >= 4 is 40.5 Å². The van der Waals surface area contributed by atoms with Crippen LogP contribution >= 0.6 is 11.6 Å². The van der Waals surface area contributed by atoms with Gasteiger partial charge in [-0.25, -0.2) is 9.18 Å². The predicted octanol–water partition coefficient (Wildman–Crippen LogP) is 3.16. The molecule has 3 N–H and O–H groups in total. The van der Waals surface area contributed by atoms with Crippen molar-refractivity contribution < 1.29 is 18.7 Å². The number of nitrogen functional groups attached to an aromatic ring is 1. The molecule has 1 aliphatic heterocycles. The summed E-state index contributed by atoms with van der Waals surface area (Å²) in [6.07, 6.45) is 0. The van der Waals surface area contributed by atoms with Crippen molar-refractivity contribution in [2.45, 2.75) is 6.92 Å². The van der Waals surface area contributed by atoms with Gasteiger partial charge in [-0.05, 0) is 38.2 Å². The number of nitrogens with one attached hydrogen (secondary N) is 1. The summed E-state index contributed by atoms with van der Waals surface area (Å²) < 4.78 is 18.8. The van der Waals surface area contributed by atoms with Crippen molar-refractivity contribution in [1.82, 2.24) is 4.90 Å². The molecule has 7 nitrogen and oxygen atoms in total. The topological polar surface area (TPSA) is 87.9 Å². The molecular weight excluding hydrogens is 411 g/mol. The van der Waals surface area contributed by atoms with E-state index in [2.05, 4.69) is 15.1 Å². The zero-order chi connectivity index (χ0) is 22.0. The monoisotopic (exact) mass is 434 g/mol. The second kappa shape index (κ2) is 8.89. The number of methoxy groups -OCH3 is 1. The number of halogens is 2. The number of hydrogen-bond acceptors (Lipinski definition) is 6. The Morgan fingerprint density at radius 1 is 1.20 bits per heavy atom. The van der Waals surface area contributed by atoms with E-state index in [9.17, 15) is 14.0 Å². The lowest BCUT2D eigenvalue weighted by molar-refractivity contribution is 0.0600. The van der Waals surface area contributed by atoms with Crippen LogP contribution in [0.4, 0.5) is 21.5 Å². The normalized spacial score (nSPS) is 14.5. The van der Waals surface area contributed by atoms with Gasteiger partial charge in [0.1, 0.15) is 0 Å². The molecule has 2 aromatic rings. The third-order valence-electron chi connectivity index (χ3n) is 5.20. The van der Waals surface area contributed by atoms with Gasteiger partial charge in [0.25, 0.3) is 5.91 Å². The maximum absolute atomic E-state index is 14.0. The Morgan fingerprint density at radius 2 is 1.87 bits per heavy atom. The second-order valence-corrected chi connectivity index (χ2v) is 7.61. The Kier molecular flexibility index (Phi) is 6.48. The molecule has 1 amide bonds. The summed E-state index contributed by atoms with van der Waals surface area (Å²) in [4.78, 5) is 29.3. The van der Waals surface area contributed by atoms with Crippen molar-refractivity contribution in [2.24, 2.45) is 0 Å². The van der Waals surface area contributed by atoms with Crippen LogP contribution in [-0.2, 0) is 4.74 Å². The van der Waals surface area contributed by atoms with Crippen LogP contribution in [0.1, 0.15) is 26.3 Å². The summed E-state index contributed by atoms with van der Waals surface area (Å²) in [7, 11) is 3.34. The minimum absolute atomic E-state index is 0.00975. The number of hydrogen-bond donors (Lipinski definition) is 2. The van der Waals surface area contributed by atoms with Gasteiger partial charge in [0.05, 0.1) is 40.3 Å². The molecule has 0 radical (unpaired) electrons. The van der Waals surface area contributed by atoms with Gasteiger partial charge in [-0.15, -0.1) is 0 Å². The maximum atomic E-state index is 14.0. The third-order valence-corrected chi connectivity index (χ3v) is 5.69. The molecule has 2 aromatic carbocycles. The van der Waals surface area contributed by atoms with E-state index < -0.39 is 17.7 Å². The van der Waals surface area contributed by atoms with Crippen LogP contribution in [0.25, 0.3) is 0 Å². The van der Waals surface area contributed by atoms with E-state index in [0.29, 0.717) is 11.3 Å². The quantitative estimate of drug-likeness (QED) is 0.567. The number of carbonyl (C=O) groups excluding carboxylic acids is 2. The van der Waals surface area contributed by atoms with E-state index in [-0.39, 0.29) is 21.8 Å². The lowest BCUT2D eigenvalue weighted by Crippen LogP contribution is -2.44. The first-order valence-corrected chi connectivity index (χ1v) is 9.82. The summed E-state index contributed by atoms with van der Waals surface area (Å²) in [6.45, 7) is 4.72. The van der Waals surface area contributed by atoms with Gasteiger partial charge in [-0.2, -0.15) is 0 Å². The Bertz CT molecular complexity index is 991. The van der Waals surface area contributed by atoms with Crippen LogP contribution in [0.15, 0.2) is 24.3 Å². The summed E-state index contributed by atoms with van der Waals surface area (Å²) in [5.74, 6) is -1.72. The molecule has 0 bridgehead atoms. The largest absolute Gasteiger partial charge is 0.465 e. The van der Waals surface area contributed by atoms with Gasteiger partial charge in [-0.3, -0.25) is 4.79 Å². The number of likely N-dealkylation sites (N-methyl/N-ethyl adjacent to an activating group) is 1. The molecule has 0 aliphatic carbocycles. The molecule has 3 rings (SSSR count). The molecule has 0 aromatic heterocycles. The molecule has 30 heavy (non-hydrogen) atoms. The van der Waals surface area contributed by atoms with Crippen LogP contribution in [0.2, 0.25) is 5.02 Å². The maximum Gasteiger partial charge on any atom is 0.337 e. The number of ether oxygens (including phenoxy) is 1. The molecule has 0 saturated carbocycles. The first-order valence-electron chi connectivity index (χ1n) is 9.44. The highest BCUT2D eigenvalue weighted by molar-refractivity contribution is 6.35. The Morgan fingerprint density at radius 3 is 2.50 bits per heavy atom. The minimum Gasteiger partial charge on any atom is -0.465 e. The molecule has 9 heteroatoms. The smallest absolute Gasteiger partial charge is 0.337 e. The highest BCUT2D eigenvalue weighted by atomic mass is 35.5. The summed E-state index contributed by atoms with van der Waals surface area (Å²) in [6, 6.07) is 6.20. The van der Waals surface area contributed by atoms with Crippen molar-refractivity contribution in [3.8, 4) is 0 Å². The van der Waals surface area contributed by atoms with Gasteiger partial charge in [0, 0.05) is 31.7 Å². The fraction of sp³-hybridized carbons (Fsp3) is 0.333. The van der Waals surface area contributed by atoms with Crippen LogP contribution in [-0.4, -0.2) is 57.1 Å². The van der Waals surface area contributed by atoms with E-state index in [1.807, 2.05) is 7.05 Å². The van der Waals surface area contributed by atoms with Crippen LogP contribution in [0.3, 0.4) is 0 Å². The zero-order valence-electron chi connectivity index (χ0n) is 17.1. The number of carbonyl (C=O) groups is 2. The average molecular weight is 435 g/mol. The number of esters is 1. The Hall–Kier alpha value is -2.84. The fourth-order valence-corrected chi connectivity index (χ4v) is 3.58. The van der Waals surface area contributed by atoms with Crippen molar-refractivity contribution in [3.63, 3.8) is 0 Å². The number of rotatable bonds is 4. The van der Waals surface area contributed by atoms with E-state index in [1.165, 1.54) is 20.1 Å². The van der Waals surface area contributed by atoms with Gasteiger partial charge >= 0.3 is 5.97 Å². The first-order chi connectivity index (χ1) is 14.2. The number of anilines is 3. The SMILES string of the molecule is COC(=O)c1ccc(N2CCN(C)CC2)c(NC(=O)c2cc(N)c(F)c(C)c2Cl)c1. The summed E-state index contributed by atoms with van der Waals surface area (Å²) in [5, 5.41) is 2.80. The summed E-state index contributed by atoms with van der Waals surface area (Å²) >= 11 is 6.19. The average Bonchev–Trinajstić information content (AvgIpc) is 2.74. The van der Waals surface area contributed by atoms with E-state index in [0.717, 1.165) is 31.9 Å². The van der Waals surface area contributed by atoms with Crippen LogP contribution in [0, 0.1) is 12.7 Å². The van der Waals surface area contributed by atoms with Crippen molar-refractivity contribution in [1.29, 1.82) is 0 Å². The third kappa shape index (κ3) is 4.34. The Balaban J connectivity index is 1.98. The molecular formula is C21H24ClFN4O3. The number of nitrogens with two attached hydrogens (primary N) is 1. The molecule has 1 fully saturated rings. The molecule has 1 aliphatic rings. The van der Waals surface area contributed by atoms with Gasteiger partial charge < -0.3 is 25.6 Å². The first kappa shape index (κ1) is 21.9. The zero-order valence-corrected chi connectivity index (χ0v) is 17.8. The fourth-order valence-electron chi connectivity index (χ4n) is 3.36. The second-order valence-electron chi connectivity index (χ2n) is 7.23. The van der Waals surface area contributed by atoms with Gasteiger partial charge in [-0.1, -0.05) is 11.6 Å². The van der Waals surface area contributed by atoms with Crippen molar-refractivity contribution in [3.05, 3.63) is 51.8 Å². The number of nitrogens with zero attached hydrogens (tertiary/aromatic N) is 2. The highest BCUT2D eigenvalue weighted by Crippen LogP contribution is 2.32. The minimum atomic E-state index is -0.651. The van der Waals surface area contributed by atoms with Gasteiger partial charge in [0.15, 0.2) is 5.82 Å². The van der Waals surface area contributed by atoms with E-state index in [4.69, 9.17) is 22.1 Å². The van der Waals surface area contributed by atoms with E-state index >= 15 is 0 Å². The molecule has 1 heterocycles. The molecule has 1 saturated heterocycles. The lowest BCUT2D eigenvalue weighted by Gasteiger charge is -2.35. The highest BCUT2D eigenvalue weighted by Gasteiger charge is 2.22. The van der Waals surface area contributed by atoms with Crippen LogP contribution < -0.4 is 16.0 Å². The number of amides is 1. The Labute approximate surface area is 179 Å². The molecule has 0 unspecified atom stereocenters. The number of benzene rings is 2. The standard InChI is InChI=1S/C21H24ClFN4O3/c1-12-18(22)14(11-15(24)19(12)23)20(28)25-16-10-13(21(29)30-3)4-5-17(16)27-8-6-26(2)7-9-27/h4-5,10-11H,6-9,24H2,1-3H3,(H,25,28). The number of piperazine rings is 1. The molecule has 0 atom stereocenters. The van der Waals surface area contributed by atoms with E-state index in [1.54, 1.807) is 18.2 Å².